The van der Waals surface area contributed by atoms with Gasteiger partial charge in [0.05, 0.1) is 6.04 Å². The number of hydrogen-bond acceptors (Lipinski definition) is 2. The van der Waals surface area contributed by atoms with Crippen LogP contribution in [0.4, 0.5) is 0 Å². The van der Waals surface area contributed by atoms with Crippen LogP contribution < -0.4 is 0 Å². The van der Waals surface area contributed by atoms with Crippen molar-refractivity contribution in [3.8, 4) is 0 Å². The summed E-state index contributed by atoms with van der Waals surface area (Å²) >= 11 is 0. The van der Waals surface area contributed by atoms with Gasteiger partial charge in [0.1, 0.15) is 0 Å². The van der Waals surface area contributed by atoms with Crippen LogP contribution in [0.1, 0.15) is 19.3 Å². The Hall–Kier alpha value is -0.790. The fourth-order valence-corrected chi connectivity index (χ4v) is 2.30. The Kier molecular flexibility index (Phi) is 1.91. The van der Waals surface area contributed by atoms with Crippen LogP contribution in [0.15, 0.2) is 16.8 Å². The Labute approximate surface area is 74.0 Å². The van der Waals surface area contributed by atoms with Crippen LogP contribution in [0.2, 0.25) is 0 Å². The van der Waals surface area contributed by atoms with E-state index in [2.05, 4.69) is 30.1 Å². The molecular weight excluding hydrogens is 148 g/mol. The van der Waals surface area contributed by atoms with E-state index >= 15 is 0 Å². The van der Waals surface area contributed by atoms with Gasteiger partial charge in [-0.05, 0) is 18.9 Å². The largest absolute Gasteiger partial charge is 0.381 e. The van der Waals surface area contributed by atoms with Crippen LogP contribution in [-0.4, -0.2) is 31.3 Å². The predicted octanol–water partition coefficient (Wildman–Crippen LogP) is 1.68. The van der Waals surface area contributed by atoms with Gasteiger partial charge in [-0.15, -0.1) is 0 Å². The average Bonchev–Trinajstić information content (AvgIpc) is 2.49. The van der Waals surface area contributed by atoms with Crippen LogP contribution in [0.5, 0.6) is 0 Å². The van der Waals surface area contributed by atoms with Crippen molar-refractivity contribution in [3.05, 3.63) is 11.8 Å². The van der Waals surface area contributed by atoms with Gasteiger partial charge < -0.3 is 4.90 Å². The summed E-state index contributed by atoms with van der Waals surface area (Å²) in [5, 5.41) is 0. The predicted molar refractivity (Wildman–Crippen MR) is 51.4 cm³/mol. The first-order chi connectivity index (χ1) is 5.79. The molecule has 1 heterocycles. The van der Waals surface area contributed by atoms with Crippen molar-refractivity contribution in [2.24, 2.45) is 10.9 Å². The van der Waals surface area contributed by atoms with Gasteiger partial charge >= 0.3 is 0 Å². The molecule has 0 radical (unpaired) electrons. The highest BCUT2D eigenvalue weighted by Gasteiger charge is 2.31. The lowest BCUT2D eigenvalue weighted by atomic mass is 9.97. The van der Waals surface area contributed by atoms with E-state index in [1.54, 1.807) is 0 Å². The zero-order valence-electron chi connectivity index (χ0n) is 7.83. The SMILES string of the molecule is CN(C)C1=CC=N[C@H]2CCCC12. The molecule has 2 heteroatoms. The molecule has 2 atom stereocenters. The van der Waals surface area contributed by atoms with Crippen LogP contribution in [0.25, 0.3) is 0 Å². The maximum absolute atomic E-state index is 4.50. The van der Waals surface area contributed by atoms with Crippen molar-refractivity contribution in [2.45, 2.75) is 25.3 Å². The molecule has 66 valence electrons. The maximum Gasteiger partial charge on any atom is 0.0582 e. The highest BCUT2D eigenvalue weighted by atomic mass is 15.1. The molecule has 0 amide bonds. The molecule has 0 spiro atoms. The first-order valence-corrected chi connectivity index (χ1v) is 4.69. The average molecular weight is 164 g/mol. The molecule has 0 aromatic heterocycles. The van der Waals surface area contributed by atoms with Crippen molar-refractivity contribution in [2.75, 3.05) is 14.1 Å². The molecule has 1 aliphatic carbocycles. The molecule has 1 saturated carbocycles. The molecule has 0 aromatic rings. The second kappa shape index (κ2) is 2.92. The molecular formula is C10H16N2. The van der Waals surface area contributed by atoms with Crippen LogP contribution in [0.3, 0.4) is 0 Å². The molecule has 2 rings (SSSR count). The molecule has 1 aliphatic heterocycles. The quantitative estimate of drug-likeness (QED) is 0.575. The van der Waals surface area contributed by atoms with Crippen molar-refractivity contribution >= 4 is 6.21 Å². The second-order valence-electron chi connectivity index (χ2n) is 3.89. The monoisotopic (exact) mass is 164 g/mol. The maximum atomic E-state index is 4.50. The summed E-state index contributed by atoms with van der Waals surface area (Å²) in [6, 6.07) is 0.590. The molecule has 12 heavy (non-hydrogen) atoms. The minimum atomic E-state index is 0.590. The molecule has 0 saturated heterocycles. The third kappa shape index (κ3) is 1.15. The molecule has 0 aromatic carbocycles. The summed E-state index contributed by atoms with van der Waals surface area (Å²) < 4.78 is 0. The highest BCUT2D eigenvalue weighted by Crippen LogP contribution is 2.35. The molecule has 1 unspecified atom stereocenters. The minimum absolute atomic E-state index is 0.590. The fraction of sp³-hybridized carbons (Fsp3) is 0.700. The smallest absolute Gasteiger partial charge is 0.0582 e. The Morgan fingerprint density at radius 3 is 3.00 bits per heavy atom. The molecule has 2 nitrogen and oxygen atoms in total. The summed E-state index contributed by atoms with van der Waals surface area (Å²) in [4.78, 5) is 6.73. The van der Waals surface area contributed by atoms with E-state index in [4.69, 9.17) is 0 Å². The number of dihydropyridines is 1. The van der Waals surface area contributed by atoms with Crippen molar-refractivity contribution < 1.29 is 0 Å². The molecule has 0 N–H and O–H groups in total. The number of allylic oxidation sites excluding steroid dienone is 1. The van der Waals surface area contributed by atoms with E-state index < -0.39 is 0 Å². The molecule has 1 fully saturated rings. The van der Waals surface area contributed by atoms with Gasteiger partial charge in [-0.2, -0.15) is 0 Å². The van der Waals surface area contributed by atoms with Crippen molar-refractivity contribution in [1.29, 1.82) is 0 Å². The van der Waals surface area contributed by atoms with Crippen LogP contribution in [0, 0.1) is 5.92 Å². The van der Waals surface area contributed by atoms with E-state index in [0.29, 0.717) is 12.0 Å². The second-order valence-corrected chi connectivity index (χ2v) is 3.89. The lowest BCUT2D eigenvalue weighted by Gasteiger charge is -2.28. The Morgan fingerprint density at radius 1 is 1.42 bits per heavy atom. The number of aliphatic imine (C=N–C) groups is 1. The fourth-order valence-electron chi connectivity index (χ4n) is 2.30. The summed E-state index contributed by atoms with van der Waals surface area (Å²) in [5.41, 5.74) is 1.47. The normalized spacial score (nSPS) is 33.0. The number of hydrogen-bond donors (Lipinski definition) is 0. The number of rotatable bonds is 1. The van der Waals surface area contributed by atoms with Gasteiger partial charge in [0.25, 0.3) is 0 Å². The van der Waals surface area contributed by atoms with E-state index in [9.17, 15) is 0 Å². The van der Waals surface area contributed by atoms with Crippen LogP contribution >= 0.6 is 0 Å². The van der Waals surface area contributed by atoms with Gasteiger partial charge in [-0.3, -0.25) is 4.99 Å². The molecule has 2 aliphatic rings. The topological polar surface area (TPSA) is 15.6 Å². The van der Waals surface area contributed by atoms with E-state index in [0.717, 1.165) is 0 Å². The zero-order valence-corrected chi connectivity index (χ0v) is 7.83. The summed E-state index contributed by atoms with van der Waals surface area (Å²) in [5.74, 6) is 0.713. The van der Waals surface area contributed by atoms with Crippen molar-refractivity contribution in [1.82, 2.24) is 4.90 Å². The van der Waals surface area contributed by atoms with Gasteiger partial charge in [-0.25, -0.2) is 0 Å². The third-order valence-electron chi connectivity index (χ3n) is 2.90. The number of fused-ring (bicyclic) bond motifs is 1. The standard InChI is InChI=1S/C10H16N2/c1-12(2)10-6-7-11-9-5-3-4-8(9)10/h6-9H,3-5H2,1-2H3/t8?,9-/m0/s1. The van der Waals surface area contributed by atoms with Gasteiger partial charge in [0.15, 0.2) is 0 Å². The van der Waals surface area contributed by atoms with Gasteiger partial charge in [-0.1, -0.05) is 6.42 Å². The highest BCUT2D eigenvalue weighted by molar-refractivity contribution is 5.73. The minimum Gasteiger partial charge on any atom is -0.381 e. The third-order valence-corrected chi connectivity index (χ3v) is 2.90. The Bertz CT molecular complexity index is 228. The lowest BCUT2D eigenvalue weighted by molar-refractivity contribution is 0.394. The summed E-state index contributed by atoms with van der Waals surface area (Å²) in [6.07, 6.45) is 8.09. The molecule has 0 bridgehead atoms. The Balaban J connectivity index is 2.21. The van der Waals surface area contributed by atoms with Gasteiger partial charge in [0, 0.05) is 31.9 Å². The first-order valence-electron chi connectivity index (χ1n) is 4.69. The number of nitrogens with zero attached hydrogens (tertiary/aromatic N) is 2. The lowest BCUT2D eigenvalue weighted by Crippen LogP contribution is -2.26. The van der Waals surface area contributed by atoms with E-state index in [1.807, 2.05) is 6.21 Å². The van der Waals surface area contributed by atoms with E-state index in [1.165, 1.54) is 25.0 Å². The van der Waals surface area contributed by atoms with Crippen molar-refractivity contribution in [3.63, 3.8) is 0 Å². The Morgan fingerprint density at radius 2 is 2.25 bits per heavy atom. The first kappa shape index (κ1) is 7.84. The summed E-state index contributed by atoms with van der Waals surface area (Å²) in [7, 11) is 4.25. The van der Waals surface area contributed by atoms with Gasteiger partial charge in [0.2, 0.25) is 0 Å². The van der Waals surface area contributed by atoms with E-state index in [-0.39, 0.29) is 0 Å². The van der Waals surface area contributed by atoms with Crippen LogP contribution in [-0.2, 0) is 0 Å². The summed E-state index contributed by atoms with van der Waals surface area (Å²) in [6.45, 7) is 0. The zero-order chi connectivity index (χ0) is 8.55.